The highest BCUT2D eigenvalue weighted by atomic mass is 16.7. The van der Waals surface area contributed by atoms with Crippen molar-refractivity contribution in [2.45, 2.75) is 51.0 Å². The molecule has 0 aliphatic carbocycles. The zero-order chi connectivity index (χ0) is 31.9. The van der Waals surface area contributed by atoms with E-state index in [1.165, 1.54) is 11.1 Å². The molecule has 0 radical (unpaired) electrons. The number of nitrogens with one attached hydrogen (secondary N) is 2. The highest BCUT2D eigenvalue weighted by Crippen LogP contribution is 2.39. The maximum absolute atomic E-state index is 12.5. The van der Waals surface area contributed by atoms with E-state index in [1.54, 1.807) is 14.2 Å². The first kappa shape index (κ1) is 31.6. The second-order valence-electron chi connectivity index (χ2n) is 11.7. The fraction of sp³-hybridized carbons (Fsp3) is 0.324. The van der Waals surface area contributed by atoms with E-state index in [9.17, 15) is 9.90 Å². The van der Waals surface area contributed by atoms with Gasteiger partial charge in [-0.3, -0.25) is 4.90 Å². The lowest BCUT2D eigenvalue weighted by molar-refractivity contribution is -0.253. The predicted octanol–water partition coefficient (Wildman–Crippen LogP) is 6.12. The van der Waals surface area contributed by atoms with Crippen molar-refractivity contribution in [3.63, 3.8) is 0 Å². The van der Waals surface area contributed by atoms with Gasteiger partial charge in [0.05, 0.1) is 33.0 Å². The second kappa shape index (κ2) is 14.8. The van der Waals surface area contributed by atoms with Gasteiger partial charge in [-0.05, 0) is 58.5 Å². The number of hydrogen-bond acceptors (Lipinski definition) is 7. The van der Waals surface area contributed by atoms with Crippen molar-refractivity contribution in [2.24, 2.45) is 0 Å². The van der Waals surface area contributed by atoms with Crippen LogP contribution in [0.5, 0.6) is 11.5 Å². The summed E-state index contributed by atoms with van der Waals surface area (Å²) in [4.78, 5) is 14.9. The van der Waals surface area contributed by atoms with Gasteiger partial charge in [-0.25, -0.2) is 4.79 Å². The molecule has 2 aliphatic rings. The van der Waals surface area contributed by atoms with Gasteiger partial charge in [-0.1, -0.05) is 66.7 Å². The fourth-order valence-corrected chi connectivity index (χ4v) is 6.10. The normalized spacial score (nSPS) is 19.6. The molecule has 9 heteroatoms. The quantitative estimate of drug-likeness (QED) is 0.196. The number of benzene rings is 4. The fourth-order valence-electron chi connectivity index (χ4n) is 6.10. The molecule has 0 bridgehead atoms. The number of nitrogens with zero attached hydrogens (tertiary/aromatic N) is 1. The van der Waals surface area contributed by atoms with Crippen LogP contribution in [0.15, 0.2) is 91.0 Å². The molecule has 3 N–H and O–H groups in total. The van der Waals surface area contributed by atoms with E-state index < -0.39 is 6.29 Å². The minimum atomic E-state index is -0.580. The van der Waals surface area contributed by atoms with Crippen LogP contribution in [-0.2, 0) is 35.6 Å². The van der Waals surface area contributed by atoms with Crippen molar-refractivity contribution in [1.29, 1.82) is 0 Å². The van der Waals surface area contributed by atoms with Crippen LogP contribution in [0.25, 0.3) is 0 Å². The van der Waals surface area contributed by atoms with Crippen LogP contribution in [0.4, 0.5) is 10.5 Å². The number of carbonyl (C=O) groups excluding carboxylic acids is 1. The number of amides is 2. The molecule has 4 aromatic carbocycles. The highest BCUT2D eigenvalue weighted by molar-refractivity contribution is 5.89. The smallest absolute Gasteiger partial charge is 0.319 e. The Morgan fingerprint density at radius 1 is 0.870 bits per heavy atom. The van der Waals surface area contributed by atoms with E-state index in [2.05, 4.69) is 27.7 Å². The number of aliphatic hydroxyl groups excluding tert-OH is 1. The van der Waals surface area contributed by atoms with Gasteiger partial charge < -0.3 is 34.7 Å². The van der Waals surface area contributed by atoms with Crippen LogP contribution in [0.2, 0.25) is 0 Å². The summed E-state index contributed by atoms with van der Waals surface area (Å²) in [5.74, 6) is 1.50. The molecule has 4 aromatic rings. The topological polar surface area (TPSA) is 102 Å². The van der Waals surface area contributed by atoms with Crippen LogP contribution in [0.1, 0.15) is 52.2 Å². The Hall–Kier alpha value is -4.41. The molecule has 2 aliphatic heterocycles. The number of hydrogen-bond donors (Lipinski definition) is 3. The SMILES string of the molecule is COc1cc2c(cc1OC)CN(C[C@H]1C[C@@H](c3ccc(CO)cc3)O[C@@H](c3ccc(NC(=O)NCc4ccccc4)cc3)O1)CC2. The number of fused-ring (bicyclic) bond motifs is 1. The van der Waals surface area contributed by atoms with Crippen LogP contribution >= 0.6 is 0 Å². The first-order chi connectivity index (χ1) is 22.5. The van der Waals surface area contributed by atoms with Gasteiger partial charge in [-0.2, -0.15) is 0 Å². The first-order valence-corrected chi connectivity index (χ1v) is 15.7. The summed E-state index contributed by atoms with van der Waals surface area (Å²) in [5.41, 5.74) is 7.00. The number of anilines is 1. The van der Waals surface area contributed by atoms with Crippen molar-refractivity contribution in [3.8, 4) is 11.5 Å². The van der Waals surface area contributed by atoms with E-state index in [4.69, 9.17) is 18.9 Å². The van der Waals surface area contributed by atoms with Crippen molar-refractivity contribution < 1.29 is 28.8 Å². The van der Waals surface area contributed by atoms with E-state index in [-0.39, 0.29) is 24.8 Å². The van der Waals surface area contributed by atoms with E-state index in [1.807, 2.05) is 78.9 Å². The third-order valence-electron chi connectivity index (χ3n) is 8.61. The molecule has 0 aromatic heterocycles. The maximum Gasteiger partial charge on any atom is 0.319 e. The molecular weight excluding hydrogens is 582 g/mol. The molecule has 2 amide bonds. The molecule has 2 heterocycles. The molecular formula is C37H41N3O6. The molecule has 1 saturated heterocycles. The Balaban J connectivity index is 1.14. The van der Waals surface area contributed by atoms with Crippen LogP contribution in [0.3, 0.4) is 0 Å². The van der Waals surface area contributed by atoms with Crippen molar-refractivity contribution in [3.05, 3.63) is 124 Å². The van der Waals surface area contributed by atoms with Crippen molar-refractivity contribution >= 4 is 11.7 Å². The van der Waals surface area contributed by atoms with Gasteiger partial charge in [0, 0.05) is 43.9 Å². The molecule has 0 spiro atoms. The second-order valence-corrected chi connectivity index (χ2v) is 11.7. The number of rotatable bonds is 10. The van der Waals surface area contributed by atoms with Crippen molar-refractivity contribution in [1.82, 2.24) is 10.2 Å². The Bertz CT molecular complexity index is 1600. The van der Waals surface area contributed by atoms with E-state index in [0.29, 0.717) is 18.7 Å². The van der Waals surface area contributed by atoms with Gasteiger partial charge >= 0.3 is 6.03 Å². The number of aliphatic hydroxyl groups is 1. The minimum Gasteiger partial charge on any atom is -0.493 e. The number of ether oxygens (including phenoxy) is 4. The lowest BCUT2D eigenvalue weighted by atomic mass is 9.97. The Labute approximate surface area is 270 Å². The number of urea groups is 1. The summed E-state index contributed by atoms with van der Waals surface area (Å²) in [6.07, 6.45) is 0.778. The summed E-state index contributed by atoms with van der Waals surface area (Å²) >= 11 is 0. The largest absolute Gasteiger partial charge is 0.493 e. The lowest BCUT2D eigenvalue weighted by Gasteiger charge is -2.39. The maximum atomic E-state index is 12.5. The summed E-state index contributed by atoms with van der Waals surface area (Å²) in [6.45, 7) is 2.90. The Morgan fingerprint density at radius 3 is 2.26 bits per heavy atom. The average Bonchev–Trinajstić information content (AvgIpc) is 3.10. The minimum absolute atomic E-state index is 0.00206. The van der Waals surface area contributed by atoms with Crippen molar-refractivity contribution in [2.75, 3.05) is 32.6 Å². The van der Waals surface area contributed by atoms with Gasteiger partial charge in [0.1, 0.15) is 0 Å². The molecule has 3 atom stereocenters. The van der Waals surface area contributed by atoms with Crippen LogP contribution in [0, 0.1) is 0 Å². The molecule has 9 nitrogen and oxygen atoms in total. The van der Waals surface area contributed by atoms with Gasteiger partial charge in [0.25, 0.3) is 0 Å². The summed E-state index contributed by atoms with van der Waals surface area (Å²) in [7, 11) is 3.33. The predicted molar refractivity (Wildman–Crippen MR) is 176 cm³/mol. The third kappa shape index (κ3) is 7.68. The van der Waals surface area contributed by atoms with E-state index >= 15 is 0 Å². The average molecular weight is 624 g/mol. The van der Waals surface area contributed by atoms with Gasteiger partial charge in [0.15, 0.2) is 17.8 Å². The molecule has 1 fully saturated rings. The molecule has 0 unspecified atom stereocenters. The molecule has 46 heavy (non-hydrogen) atoms. The van der Waals surface area contributed by atoms with Gasteiger partial charge in [0.2, 0.25) is 0 Å². The standard InChI is InChI=1S/C37H41N3O6/c1-43-34-18-29-16-17-40(22-30(29)19-35(34)44-2)23-32-20-33(27-10-8-26(24-41)9-11-27)46-36(45-32)28-12-14-31(15-13-28)39-37(42)38-21-25-6-4-3-5-7-25/h3-15,18-19,32-33,36,41H,16-17,20-24H2,1-2H3,(H2,38,39,42)/t32-,33+,36+/m1/s1. The first-order valence-electron chi connectivity index (χ1n) is 15.7. The monoisotopic (exact) mass is 623 g/mol. The van der Waals surface area contributed by atoms with Crippen LogP contribution < -0.4 is 20.1 Å². The summed E-state index contributed by atoms with van der Waals surface area (Å²) in [5, 5.41) is 15.3. The highest BCUT2D eigenvalue weighted by Gasteiger charge is 2.34. The Kier molecular flexibility index (Phi) is 10.1. The van der Waals surface area contributed by atoms with Gasteiger partial charge in [-0.15, -0.1) is 0 Å². The molecule has 6 rings (SSSR count). The number of carbonyl (C=O) groups is 1. The van der Waals surface area contributed by atoms with Crippen LogP contribution in [-0.4, -0.2) is 49.5 Å². The zero-order valence-corrected chi connectivity index (χ0v) is 26.3. The van der Waals surface area contributed by atoms with E-state index in [0.717, 1.165) is 59.8 Å². The number of methoxy groups -OCH3 is 2. The lowest BCUT2D eigenvalue weighted by Crippen LogP contribution is -2.41. The zero-order valence-electron chi connectivity index (χ0n) is 26.3. The Morgan fingerprint density at radius 2 is 1.57 bits per heavy atom. The summed E-state index contributed by atoms with van der Waals surface area (Å²) < 4.78 is 24.2. The summed E-state index contributed by atoms with van der Waals surface area (Å²) in [6, 6.07) is 29.2. The molecule has 0 saturated carbocycles. The molecule has 240 valence electrons. The third-order valence-corrected chi connectivity index (χ3v) is 8.61.